The molecule has 4 aromatic rings. The average Bonchev–Trinajstić information content (AvgIpc) is 3.26. The molecule has 0 spiro atoms. The number of aromatic nitrogens is 3. The average molecular weight is 392 g/mol. The molecule has 0 amide bonds. The lowest BCUT2D eigenvalue weighted by atomic mass is 10.1. The monoisotopic (exact) mass is 392 g/mol. The summed E-state index contributed by atoms with van der Waals surface area (Å²) in [4.78, 5) is 4.38. The Bertz CT molecular complexity index is 1210. The summed E-state index contributed by atoms with van der Waals surface area (Å²) in [6.07, 6.45) is 0.791. The molecule has 7 heteroatoms. The van der Waals surface area contributed by atoms with Gasteiger partial charge >= 0.3 is 0 Å². The van der Waals surface area contributed by atoms with E-state index in [1.807, 2.05) is 31.2 Å². The van der Waals surface area contributed by atoms with Gasteiger partial charge in [0, 0.05) is 17.8 Å². The summed E-state index contributed by atoms with van der Waals surface area (Å²) < 4.78 is 15.1. The second kappa shape index (κ2) is 6.79. The summed E-state index contributed by atoms with van der Waals surface area (Å²) in [5.74, 6) is 0.469. The molecule has 0 aliphatic heterocycles. The van der Waals surface area contributed by atoms with Gasteiger partial charge in [-0.2, -0.15) is 9.61 Å². The molecule has 29 heavy (non-hydrogen) atoms. The highest BCUT2D eigenvalue weighted by Gasteiger charge is 2.39. The molecule has 4 atom stereocenters. The van der Waals surface area contributed by atoms with E-state index in [0.29, 0.717) is 17.9 Å². The van der Waals surface area contributed by atoms with Crippen molar-refractivity contribution in [2.75, 3.05) is 5.32 Å². The van der Waals surface area contributed by atoms with Gasteiger partial charge in [-0.25, -0.2) is 9.37 Å². The van der Waals surface area contributed by atoms with Gasteiger partial charge in [-0.3, -0.25) is 0 Å². The zero-order valence-corrected chi connectivity index (χ0v) is 15.8. The molecule has 2 heterocycles. The Labute approximate surface area is 166 Å². The number of hydrogen-bond acceptors (Lipinski definition) is 5. The number of fused-ring (bicyclic) bond motifs is 2. The van der Waals surface area contributed by atoms with E-state index >= 15 is 0 Å². The van der Waals surface area contributed by atoms with Crippen LogP contribution in [0.3, 0.4) is 0 Å². The van der Waals surface area contributed by atoms with Crippen molar-refractivity contribution in [3.63, 3.8) is 0 Å². The third-order valence-corrected chi connectivity index (χ3v) is 5.76. The van der Waals surface area contributed by atoms with Gasteiger partial charge in [0.15, 0.2) is 5.65 Å². The molecule has 1 aliphatic carbocycles. The van der Waals surface area contributed by atoms with E-state index in [9.17, 15) is 14.6 Å². The van der Waals surface area contributed by atoms with Crippen LogP contribution in [0.25, 0.3) is 27.7 Å². The first kappa shape index (κ1) is 18.0. The quantitative estimate of drug-likeness (QED) is 0.499. The van der Waals surface area contributed by atoms with Crippen molar-refractivity contribution in [1.29, 1.82) is 0 Å². The number of anilines is 1. The molecule has 1 fully saturated rings. The number of halogens is 1. The lowest BCUT2D eigenvalue weighted by Gasteiger charge is -2.19. The van der Waals surface area contributed by atoms with Crippen LogP contribution in [0.4, 0.5) is 10.2 Å². The van der Waals surface area contributed by atoms with Crippen molar-refractivity contribution >= 4 is 22.2 Å². The lowest BCUT2D eigenvalue weighted by molar-refractivity contribution is 0.0210. The van der Waals surface area contributed by atoms with Gasteiger partial charge in [-0.1, -0.05) is 25.1 Å². The topological polar surface area (TPSA) is 82.7 Å². The Morgan fingerprint density at radius 3 is 2.62 bits per heavy atom. The van der Waals surface area contributed by atoms with Gasteiger partial charge in [-0.05, 0) is 47.4 Å². The molecular formula is C22H21FN4O2. The van der Waals surface area contributed by atoms with Crippen LogP contribution in [0.1, 0.15) is 13.3 Å². The predicted molar refractivity (Wildman–Crippen MR) is 109 cm³/mol. The molecule has 2 aromatic heterocycles. The highest BCUT2D eigenvalue weighted by molar-refractivity contribution is 5.87. The zero-order valence-electron chi connectivity index (χ0n) is 15.8. The minimum absolute atomic E-state index is 0.0236. The second-order valence-electron chi connectivity index (χ2n) is 7.78. The Hall–Kier alpha value is -3.03. The van der Waals surface area contributed by atoms with E-state index < -0.39 is 12.2 Å². The van der Waals surface area contributed by atoms with Crippen LogP contribution in [0, 0.1) is 11.7 Å². The van der Waals surface area contributed by atoms with E-state index in [1.165, 1.54) is 12.1 Å². The second-order valence-corrected chi connectivity index (χ2v) is 7.78. The van der Waals surface area contributed by atoms with Crippen molar-refractivity contribution in [3.8, 4) is 11.3 Å². The van der Waals surface area contributed by atoms with Gasteiger partial charge in [0.1, 0.15) is 17.7 Å². The number of rotatable bonds is 3. The minimum atomic E-state index is -0.830. The van der Waals surface area contributed by atoms with E-state index in [2.05, 4.69) is 15.4 Å². The van der Waals surface area contributed by atoms with Gasteiger partial charge < -0.3 is 15.5 Å². The fourth-order valence-corrected chi connectivity index (χ4v) is 4.11. The van der Waals surface area contributed by atoms with E-state index in [0.717, 1.165) is 22.0 Å². The van der Waals surface area contributed by atoms with Crippen molar-refractivity contribution in [2.24, 2.45) is 5.92 Å². The zero-order chi connectivity index (χ0) is 20.1. The lowest BCUT2D eigenvalue weighted by Crippen LogP contribution is -2.35. The van der Waals surface area contributed by atoms with Crippen LogP contribution in [0.15, 0.2) is 54.7 Å². The molecular weight excluding hydrogens is 371 g/mol. The molecule has 0 radical (unpaired) electrons. The first-order chi connectivity index (χ1) is 14.0. The summed E-state index contributed by atoms with van der Waals surface area (Å²) in [6.45, 7) is 1.93. The standard InChI is InChI=1S/C22H21FN4O2/c1-12-8-18(22(29)21(12)28)25-19-6-7-24-20-11-17(26-27(19)20)15-3-2-14-10-16(23)5-4-13(14)9-15/h2-7,9-12,18,21-22,25,28-29H,8H2,1H3/t12-,18-,21-,22+/m1/s1. The van der Waals surface area contributed by atoms with E-state index in [4.69, 9.17) is 0 Å². The van der Waals surface area contributed by atoms with Crippen LogP contribution in [0.2, 0.25) is 0 Å². The van der Waals surface area contributed by atoms with Gasteiger partial charge in [0.25, 0.3) is 0 Å². The number of aliphatic hydroxyl groups excluding tert-OH is 2. The molecule has 0 saturated heterocycles. The summed E-state index contributed by atoms with van der Waals surface area (Å²) in [7, 11) is 0. The highest BCUT2D eigenvalue weighted by atomic mass is 19.1. The van der Waals surface area contributed by atoms with Crippen LogP contribution >= 0.6 is 0 Å². The molecule has 5 rings (SSSR count). The third kappa shape index (κ3) is 3.12. The normalized spacial score (nSPS) is 24.4. The van der Waals surface area contributed by atoms with E-state index in [-0.39, 0.29) is 17.8 Å². The molecule has 0 bridgehead atoms. The smallest absolute Gasteiger partial charge is 0.157 e. The van der Waals surface area contributed by atoms with Crippen LogP contribution in [0.5, 0.6) is 0 Å². The Balaban J connectivity index is 1.51. The molecule has 1 aliphatic rings. The Morgan fingerprint density at radius 2 is 1.83 bits per heavy atom. The minimum Gasteiger partial charge on any atom is -0.390 e. The van der Waals surface area contributed by atoms with E-state index in [1.54, 1.807) is 22.8 Å². The van der Waals surface area contributed by atoms with Crippen molar-refractivity contribution < 1.29 is 14.6 Å². The van der Waals surface area contributed by atoms with Crippen molar-refractivity contribution in [3.05, 3.63) is 60.5 Å². The van der Waals surface area contributed by atoms with Gasteiger partial charge in [0.2, 0.25) is 0 Å². The summed E-state index contributed by atoms with van der Waals surface area (Å²) in [5.41, 5.74) is 2.33. The number of benzene rings is 2. The molecule has 1 saturated carbocycles. The first-order valence-corrected chi connectivity index (χ1v) is 9.67. The maximum Gasteiger partial charge on any atom is 0.157 e. The molecule has 6 nitrogen and oxygen atoms in total. The molecule has 3 N–H and O–H groups in total. The SMILES string of the molecule is C[C@@H]1C[C@@H](Nc2ccnc3cc(-c4ccc5cc(F)ccc5c4)nn23)[C@H](O)[C@@H]1O. The number of hydrogen-bond donors (Lipinski definition) is 3. The fraction of sp³-hybridized carbons (Fsp3) is 0.273. The maximum absolute atomic E-state index is 13.4. The van der Waals surface area contributed by atoms with Crippen LogP contribution < -0.4 is 5.32 Å². The largest absolute Gasteiger partial charge is 0.390 e. The maximum atomic E-state index is 13.4. The van der Waals surface area contributed by atoms with Crippen LogP contribution in [-0.4, -0.2) is 43.1 Å². The van der Waals surface area contributed by atoms with Crippen molar-refractivity contribution in [2.45, 2.75) is 31.6 Å². The first-order valence-electron chi connectivity index (χ1n) is 9.67. The number of nitrogens with zero attached hydrogens (tertiary/aromatic N) is 3. The molecule has 0 unspecified atom stereocenters. The highest BCUT2D eigenvalue weighted by Crippen LogP contribution is 2.30. The Morgan fingerprint density at radius 1 is 1.03 bits per heavy atom. The Kier molecular flexibility index (Phi) is 4.22. The predicted octanol–water partition coefficient (Wildman–Crippen LogP) is 3.23. The van der Waals surface area contributed by atoms with Gasteiger partial charge in [0.05, 0.1) is 17.8 Å². The summed E-state index contributed by atoms with van der Waals surface area (Å²) >= 11 is 0. The van der Waals surface area contributed by atoms with Crippen LogP contribution in [-0.2, 0) is 0 Å². The fourth-order valence-electron chi connectivity index (χ4n) is 4.11. The molecule has 2 aromatic carbocycles. The summed E-state index contributed by atoms with van der Waals surface area (Å²) in [5, 5.41) is 30.1. The van der Waals surface area contributed by atoms with Crippen molar-refractivity contribution in [1.82, 2.24) is 14.6 Å². The third-order valence-electron chi connectivity index (χ3n) is 5.76. The number of nitrogens with one attached hydrogen (secondary N) is 1. The summed E-state index contributed by atoms with van der Waals surface area (Å²) in [6, 6.07) is 13.9. The van der Waals surface area contributed by atoms with Gasteiger partial charge in [-0.15, -0.1) is 0 Å². The molecule has 148 valence electrons. The number of aliphatic hydroxyl groups is 2.